The fraction of sp³-hybridized carbons (Fsp3) is 0.273. The molecule has 0 aliphatic rings. The van der Waals surface area contributed by atoms with E-state index < -0.39 is 11.4 Å². The molecule has 1 heterocycles. The number of aromatic nitrogens is 1. The summed E-state index contributed by atoms with van der Waals surface area (Å²) in [5.74, 6) is 2.70. The molecule has 0 unspecified atom stereocenters. The van der Waals surface area contributed by atoms with Gasteiger partial charge in [-0.2, -0.15) is 0 Å². The molecule has 0 atom stereocenters. The zero-order valence-electron chi connectivity index (χ0n) is 8.74. The van der Waals surface area contributed by atoms with Gasteiger partial charge in [-0.15, -0.1) is 6.42 Å². The topological polar surface area (TPSA) is 68.0 Å². The molecule has 0 fully saturated rings. The van der Waals surface area contributed by atoms with Crippen molar-refractivity contribution >= 4 is 11.7 Å². The van der Waals surface area contributed by atoms with E-state index in [-0.39, 0.29) is 0 Å². The Morgan fingerprint density at radius 2 is 2.27 bits per heavy atom. The fourth-order valence-corrected chi connectivity index (χ4v) is 0.970. The number of anilines is 1. The molecular formula is C11H13N3O. The number of carbonyl (C=O) groups is 1. The second-order valence-electron chi connectivity index (χ2n) is 3.69. The van der Waals surface area contributed by atoms with Gasteiger partial charge in [-0.3, -0.25) is 4.79 Å². The summed E-state index contributed by atoms with van der Waals surface area (Å²) < 4.78 is 0. The van der Waals surface area contributed by atoms with E-state index in [9.17, 15) is 4.79 Å². The van der Waals surface area contributed by atoms with Crippen molar-refractivity contribution in [1.29, 1.82) is 0 Å². The van der Waals surface area contributed by atoms with Crippen LogP contribution in [-0.2, 0) is 0 Å². The van der Waals surface area contributed by atoms with Crippen LogP contribution in [0.1, 0.15) is 24.2 Å². The fourth-order valence-electron chi connectivity index (χ4n) is 0.970. The summed E-state index contributed by atoms with van der Waals surface area (Å²) in [7, 11) is 0. The van der Waals surface area contributed by atoms with E-state index in [0.717, 1.165) is 0 Å². The second-order valence-corrected chi connectivity index (χ2v) is 3.69. The van der Waals surface area contributed by atoms with Gasteiger partial charge in [0.05, 0.1) is 11.1 Å². The van der Waals surface area contributed by atoms with Crippen LogP contribution in [0.5, 0.6) is 0 Å². The number of nitrogens with one attached hydrogen (secondary N) is 1. The van der Waals surface area contributed by atoms with Gasteiger partial charge in [0, 0.05) is 6.20 Å². The molecule has 0 aliphatic carbocycles. The van der Waals surface area contributed by atoms with Crippen LogP contribution in [-0.4, -0.2) is 16.4 Å². The van der Waals surface area contributed by atoms with Crippen LogP contribution in [0.3, 0.4) is 0 Å². The average molecular weight is 203 g/mol. The minimum atomic E-state index is -0.495. The monoisotopic (exact) mass is 203 g/mol. The quantitative estimate of drug-likeness (QED) is 0.720. The van der Waals surface area contributed by atoms with Crippen LogP contribution < -0.4 is 11.1 Å². The molecule has 1 amide bonds. The molecule has 1 rings (SSSR count). The van der Waals surface area contributed by atoms with Crippen LogP contribution in [0.4, 0.5) is 5.82 Å². The summed E-state index contributed by atoms with van der Waals surface area (Å²) in [5, 5.41) is 3.03. The molecular weight excluding hydrogens is 190 g/mol. The highest BCUT2D eigenvalue weighted by Gasteiger charge is 2.13. The number of rotatable bonds is 3. The molecule has 0 bridgehead atoms. The lowest BCUT2D eigenvalue weighted by atomic mass is 10.1. The molecule has 1 aromatic heterocycles. The third-order valence-corrected chi connectivity index (χ3v) is 1.85. The van der Waals surface area contributed by atoms with E-state index in [1.807, 2.05) is 13.8 Å². The average Bonchev–Trinajstić information content (AvgIpc) is 2.18. The summed E-state index contributed by atoms with van der Waals surface area (Å²) in [6, 6.07) is 3.27. The zero-order valence-corrected chi connectivity index (χ0v) is 8.74. The van der Waals surface area contributed by atoms with Crippen LogP contribution in [0.2, 0.25) is 0 Å². The lowest BCUT2D eigenvalue weighted by Crippen LogP contribution is -2.29. The molecule has 0 saturated heterocycles. The van der Waals surface area contributed by atoms with E-state index in [2.05, 4.69) is 16.2 Å². The van der Waals surface area contributed by atoms with E-state index in [1.165, 1.54) is 6.20 Å². The minimum Gasteiger partial charge on any atom is -0.366 e. The molecule has 0 aliphatic heterocycles. The maximum atomic E-state index is 10.8. The van der Waals surface area contributed by atoms with E-state index in [4.69, 9.17) is 12.2 Å². The Kier molecular flexibility index (Phi) is 2.96. The molecule has 3 N–H and O–H groups in total. The SMILES string of the molecule is C#CC(C)(C)Nc1ccc(C(N)=O)cn1. The van der Waals surface area contributed by atoms with E-state index in [0.29, 0.717) is 11.4 Å². The predicted octanol–water partition coefficient (Wildman–Crippen LogP) is 1.00. The Hall–Kier alpha value is -2.02. The first kappa shape index (κ1) is 11.1. The molecule has 0 spiro atoms. The minimum absolute atomic E-state index is 0.374. The third-order valence-electron chi connectivity index (χ3n) is 1.85. The molecule has 4 nitrogen and oxygen atoms in total. The molecule has 1 aromatic rings. The maximum absolute atomic E-state index is 10.8. The van der Waals surface area contributed by atoms with Gasteiger partial charge in [-0.05, 0) is 26.0 Å². The van der Waals surface area contributed by atoms with Gasteiger partial charge in [-0.25, -0.2) is 4.98 Å². The highest BCUT2D eigenvalue weighted by Crippen LogP contribution is 2.11. The molecule has 78 valence electrons. The van der Waals surface area contributed by atoms with Crippen molar-refractivity contribution in [3.8, 4) is 12.3 Å². The van der Waals surface area contributed by atoms with Crippen molar-refractivity contribution in [2.24, 2.45) is 5.73 Å². The van der Waals surface area contributed by atoms with Gasteiger partial charge >= 0.3 is 0 Å². The van der Waals surface area contributed by atoms with Gasteiger partial charge in [0.15, 0.2) is 0 Å². The number of hydrogen-bond donors (Lipinski definition) is 2. The smallest absolute Gasteiger partial charge is 0.250 e. The number of amides is 1. The summed E-state index contributed by atoms with van der Waals surface area (Å²) in [4.78, 5) is 14.8. The Morgan fingerprint density at radius 3 is 2.67 bits per heavy atom. The van der Waals surface area contributed by atoms with Crippen LogP contribution in [0.15, 0.2) is 18.3 Å². The lowest BCUT2D eigenvalue weighted by molar-refractivity contribution is 0.1000. The Balaban J connectivity index is 2.83. The van der Waals surface area contributed by atoms with Crippen molar-refractivity contribution in [2.45, 2.75) is 19.4 Å². The van der Waals surface area contributed by atoms with Crippen molar-refractivity contribution in [3.63, 3.8) is 0 Å². The van der Waals surface area contributed by atoms with Gasteiger partial charge < -0.3 is 11.1 Å². The lowest BCUT2D eigenvalue weighted by Gasteiger charge is -2.20. The normalized spacial score (nSPS) is 10.5. The third kappa shape index (κ3) is 2.99. The summed E-state index contributed by atoms with van der Waals surface area (Å²) in [6.45, 7) is 3.72. The van der Waals surface area contributed by atoms with Gasteiger partial charge in [0.1, 0.15) is 5.82 Å². The number of hydrogen-bond acceptors (Lipinski definition) is 3. The summed E-state index contributed by atoms with van der Waals surface area (Å²) in [6.07, 6.45) is 6.73. The maximum Gasteiger partial charge on any atom is 0.250 e. The first-order valence-electron chi connectivity index (χ1n) is 4.46. The number of nitrogens with two attached hydrogens (primary N) is 1. The standard InChI is InChI=1S/C11H13N3O/c1-4-11(2,3)14-9-6-5-8(7-13-9)10(12)15/h1,5-7H,2-3H3,(H2,12,15)(H,13,14). The van der Waals surface area contributed by atoms with E-state index >= 15 is 0 Å². The number of primary amides is 1. The Labute approximate surface area is 88.9 Å². The summed E-state index contributed by atoms with van der Waals surface area (Å²) >= 11 is 0. The molecule has 15 heavy (non-hydrogen) atoms. The largest absolute Gasteiger partial charge is 0.366 e. The van der Waals surface area contributed by atoms with Crippen LogP contribution in [0, 0.1) is 12.3 Å². The first-order chi connectivity index (χ1) is 6.94. The summed E-state index contributed by atoms with van der Waals surface area (Å²) in [5.41, 5.74) is 4.99. The molecule has 0 radical (unpaired) electrons. The first-order valence-corrected chi connectivity index (χ1v) is 4.46. The van der Waals surface area contributed by atoms with Crippen molar-refractivity contribution in [2.75, 3.05) is 5.32 Å². The van der Waals surface area contributed by atoms with Crippen molar-refractivity contribution in [1.82, 2.24) is 4.98 Å². The van der Waals surface area contributed by atoms with Crippen molar-refractivity contribution in [3.05, 3.63) is 23.9 Å². The number of terminal acetylenes is 1. The predicted molar refractivity (Wildman–Crippen MR) is 59.3 cm³/mol. The zero-order chi connectivity index (χ0) is 11.5. The van der Waals surface area contributed by atoms with Gasteiger partial charge in [0.2, 0.25) is 5.91 Å². The molecule has 0 aromatic carbocycles. The van der Waals surface area contributed by atoms with E-state index in [1.54, 1.807) is 12.1 Å². The second kappa shape index (κ2) is 4.01. The van der Waals surface area contributed by atoms with Gasteiger partial charge in [-0.1, -0.05) is 5.92 Å². The number of pyridine rings is 1. The number of carbonyl (C=O) groups excluding carboxylic acids is 1. The van der Waals surface area contributed by atoms with Gasteiger partial charge in [0.25, 0.3) is 0 Å². The number of nitrogens with zero attached hydrogens (tertiary/aromatic N) is 1. The van der Waals surface area contributed by atoms with Crippen molar-refractivity contribution < 1.29 is 4.79 Å². The van der Waals surface area contributed by atoms with Crippen LogP contribution in [0.25, 0.3) is 0 Å². The highest BCUT2D eigenvalue weighted by molar-refractivity contribution is 5.92. The molecule has 0 saturated carbocycles. The Bertz CT molecular complexity index is 401. The van der Waals surface area contributed by atoms with Crippen LogP contribution >= 0.6 is 0 Å². The Morgan fingerprint density at radius 1 is 1.60 bits per heavy atom. The highest BCUT2D eigenvalue weighted by atomic mass is 16.1. The molecule has 4 heteroatoms.